The third-order valence-electron chi connectivity index (χ3n) is 6.32. The third-order valence-corrected chi connectivity index (χ3v) is 6.32. The molecule has 1 heterocycles. The Bertz CT molecular complexity index is 935. The lowest BCUT2D eigenvalue weighted by molar-refractivity contribution is 0.0168. The number of nitrogens with zero attached hydrogens (tertiary/aromatic N) is 2. The van der Waals surface area contributed by atoms with Gasteiger partial charge < -0.3 is 9.64 Å². The Kier molecular flexibility index (Phi) is 5.44. The number of hydrogen-bond acceptors (Lipinski definition) is 3. The van der Waals surface area contributed by atoms with Gasteiger partial charge in [-0.3, -0.25) is 4.99 Å². The molecule has 2 aliphatic rings. The van der Waals surface area contributed by atoms with E-state index in [0.29, 0.717) is 0 Å². The zero-order chi connectivity index (χ0) is 21.4. The highest BCUT2D eigenvalue weighted by Gasteiger charge is 2.45. The zero-order valence-corrected chi connectivity index (χ0v) is 18.5. The van der Waals surface area contributed by atoms with Gasteiger partial charge >= 0.3 is 6.09 Å². The van der Waals surface area contributed by atoms with Crippen molar-refractivity contribution in [2.45, 2.75) is 64.0 Å². The third kappa shape index (κ3) is 4.14. The Morgan fingerprint density at radius 1 is 1.03 bits per heavy atom. The molecule has 2 aromatic carbocycles. The molecular formula is C26H32N2O2. The maximum Gasteiger partial charge on any atom is 0.410 e. The van der Waals surface area contributed by atoms with E-state index in [1.807, 2.05) is 31.7 Å². The van der Waals surface area contributed by atoms with Crippen LogP contribution in [0.1, 0.15) is 69.7 Å². The molecule has 1 fully saturated rings. The van der Waals surface area contributed by atoms with Crippen molar-refractivity contribution in [1.82, 2.24) is 4.90 Å². The van der Waals surface area contributed by atoms with E-state index >= 15 is 0 Å². The standard InChI is InChI=1S/C26H32N2O2/c1-19(20-10-6-5-7-11-20)27-23-18-26(22-13-9-8-12-21(22)23)14-16-28(17-15-26)24(29)30-25(2,3)4/h5-13,19H,14-18H2,1-4H3/b27-23+. The number of piperidine rings is 1. The first-order valence-corrected chi connectivity index (χ1v) is 11.0. The molecular weight excluding hydrogens is 372 g/mol. The smallest absolute Gasteiger partial charge is 0.410 e. The van der Waals surface area contributed by atoms with E-state index in [-0.39, 0.29) is 17.6 Å². The minimum atomic E-state index is -0.459. The fourth-order valence-corrected chi connectivity index (χ4v) is 4.75. The average molecular weight is 405 g/mol. The van der Waals surface area contributed by atoms with Crippen LogP contribution in [0.4, 0.5) is 4.79 Å². The molecule has 0 bridgehead atoms. The van der Waals surface area contributed by atoms with Crippen molar-refractivity contribution in [1.29, 1.82) is 0 Å². The molecule has 0 aromatic heterocycles. The quantitative estimate of drug-likeness (QED) is 0.624. The summed E-state index contributed by atoms with van der Waals surface area (Å²) in [6.45, 7) is 9.37. The van der Waals surface area contributed by atoms with Gasteiger partial charge in [-0.15, -0.1) is 0 Å². The van der Waals surface area contributed by atoms with E-state index in [1.54, 1.807) is 0 Å². The molecule has 1 unspecified atom stereocenters. The number of amides is 1. The van der Waals surface area contributed by atoms with E-state index in [2.05, 4.69) is 55.5 Å². The number of carbonyl (C=O) groups excluding carboxylic acids is 1. The molecule has 158 valence electrons. The predicted molar refractivity (Wildman–Crippen MR) is 121 cm³/mol. The number of benzene rings is 2. The summed E-state index contributed by atoms with van der Waals surface area (Å²) in [7, 11) is 0. The maximum absolute atomic E-state index is 12.5. The predicted octanol–water partition coefficient (Wildman–Crippen LogP) is 5.91. The topological polar surface area (TPSA) is 41.9 Å². The minimum Gasteiger partial charge on any atom is -0.444 e. The molecule has 30 heavy (non-hydrogen) atoms. The summed E-state index contributed by atoms with van der Waals surface area (Å²) >= 11 is 0. The van der Waals surface area contributed by atoms with Crippen molar-refractivity contribution in [3.63, 3.8) is 0 Å². The van der Waals surface area contributed by atoms with Gasteiger partial charge in [0.2, 0.25) is 0 Å². The van der Waals surface area contributed by atoms with Crippen LogP contribution in [-0.2, 0) is 10.2 Å². The van der Waals surface area contributed by atoms with Gasteiger partial charge in [0.05, 0.1) is 6.04 Å². The van der Waals surface area contributed by atoms with Gasteiger partial charge in [0, 0.05) is 24.2 Å². The Morgan fingerprint density at radius 3 is 2.33 bits per heavy atom. The van der Waals surface area contributed by atoms with E-state index < -0.39 is 5.60 Å². The number of carbonyl (C=O) groups is 1. The van der Waals surface area contributed by atoms with Crippen LogP contribution >= 0.6 is 0 Å². The van der Waals surface area contributed by atoms with Gasteiger partial charge in [0.1, 0.15) is 5.60 Å². The second-order valence-corrected chi connectivity index (χ2v) is 9.63. The fraction of sp³-hybridized carbons (Fsp3) is 0.462. The normalized spacial score (nSPS) is 20.3. The van der Waals surface area contributed by atoms with Crippen LogP contribution in [0.25, 0.3) is 0 Å². The number of likely N-dealkylation sites (tertiary alicyclic amines) is 1. The zero-order valence-electron chi connectivity index (χ0n) is 18.5. The van der Waals surface area contributed by atoms with Gasteiger partial charge in [0.25, 0.3) is 0 Å². The molecule has 4 nitrogen and oxygen atoms in total. The second kappa shape index (κ2) is 7.90. The first-order valence-electron chi connectivity index (χ1n) is 11.0. The highest BCUT2D eigenvalue weighted by molar-refractivity contribution is 6.06. The molecule has 0 radical (unpaired) electrons. The Morgan fingerprint density at radius 2 is 1.67 bits per heavy atom. The SMILES string of the molecule is CC(/N=C1\CC2(CCN(C(=O)OC(C)(C)C)CC2)c2ccccc21)c1ccccc1. The van der Waals surface area contributed by atoms with Gasteiger partial charge in [-0.1, -0.05) is 54.6 Å². The number of fused-ring (bicyclic) bond motifs is 2. The molecule has 1 amide bonds. The Labute approximate surface area is 180 Å². The van der Waals surface area contributed by atoms with E-state index in [4.69, 9.17) is 9.73 Å². The Balaban J connectivity index is 1.55. The highest BCUT2D eigenvalue weighted by atomic mass is 16.6. The summed E-state index contributed by atoms with van der Waals surface area (Å²) in [6.07, 6.45) is 2.64. The molecule has 1 atom stereocenters. The summed E-state index contributed by atoms with van der Waals surface area (Å²) in [5.74, 6) is 0. The lowest BCUT2D eigenvalue weighted by Crippen LogP contribution is -2.46. The summed E-state index contributed by atoms with van der Waals surface area (Å²) < 4.78 is 5.58. The molecule has 1 saturated heterocycles. The average Bonchev–Trinajstić information content (AvgIpc) is 3.01. The van der Waals surface area contributed by atoms with Gasteiger partial charge in [-0.25, -0.2) is 4.79 Å². The summed E-state index contributed by atoms with van der Waals surface area (Å²) in [6, 6.07) is 19.3. The molecule has 1 aliphatic carbocycles. The van der Waals surface area contributed by atoms with Crippen LogP contribution in [0.15, 0.2) is 59.6 Å². The largest absolute Gasteiger partial charge is 0.444 e. The molecule has 4 heteroatoms. The number of rotatable bonds is 2. The van der Waals surface area contributed by atoms with Crippen molar-refractivity contribution in [2.75, 3.05) is 13.1 Å². The molecule has 1 aliphatic heterocycles. The van der Waals surface area contributed by atoms with E-state index in [9.17, 15) is 4.79 Å². The van der Waals surface area contributed by atoms with Crippen LogP contribution in [-0.4, -0.2) is 35.4 Å². The van der Waals surface area contributed by atoms with E-state index in [0.717, 1.165) is 32.4 Å². The molecule has 2 aromatic rings. The summed E-state index contributed by atoms with van der Waals surface area (Å²) in [4.78, 5) is 19.5. The number of hydrogen-bond donors (Lipinski definition) is 0. The van der Waals surface area contributed by atoms with Crippen molar-refractivity contribution in [3.8, 4) is 0 Å². The van der Waals surface area contributed by atoms with Crippen LogP contribution in [0.5, 0.6) is 0 Å². The van der Waals surface area contributed by atoms with Crippen molar-refractivity contribution in [2.24, 2.45) is 4.99 Å². The van der Waals surface area contributed by atoms with Gasteiger partial charge in [0.15, 0.2) is 0 Å². The Hall–Kier alpha value is -2.62. The summed E-state index contributed by atoms with van der Waals surface area (Å²) in [5.41, 5.74) is 4.74. The van der Waals surface area contributed by atoms with Crippen LogP contribution in [0, 0.1) is 0 Å². The monoisotopic (exact) mass is 404 g/mol. The molecule has 1 spiro atoms. The number of ether oxygens (including phenoxy) is 1. The number of aliphatic imine (C=N–C) groups is 1. The summed E-state index contributed by atoms with van der Waals surface area (Å²) in [5, 5.41) is 0. The first-order chi connectivity index (χ1) is 14.3. The van der Waals surface area contributed by atoms with Crippen LogP contribution in [0.3, 0.4) is 0 Å². The second-order valence-electron chi connectivity index (χ2n) is 9.63. The first kappa shape index (κ1) is 20.6. The van der Waals surface area contributed by atoms with Crippen LogP contribution in [0.2, 0.25) is 0 Å². The highest BCUT2D eigenvalue weighted by Crippen LogP contribution is 2.47. The van der Waals surface area contributed by atoms with Crippen molar-refractivity contribution < 1.29 is 9.53 Å². The molecule has 0 N–H and O–H groups in total. The lowest BCUT2D eigenvalue weighted by Gasteiger charge is -2.40. The molecule has 0 saturated carbocycles. The minimum absolute atomic E-state index is 0.0738. The van der Waals surface area contributed by atoms with Crippen molar-refractivity contribution in [3.05, 3.63) is 71.3 Å². The van der Waals surface area contributed by atoms with Crippen molar-refractivity contribution >= 4 is 11.8 Å². The maximum atomic E-state index is 12.5. The lowest BCUT2D eigenvalue weighted by atomic mass is 9.74. The van der Waals surface area contributed by atoms with E-state index in [1.165, 1.54) is 22.4 Å². The molecule has 4 rings (SSSR count). The van der Waals surface area contributed by atoms with Crippen LogP contribution < -0.4 is 0 Å². The van der Waals surface area contributed by atoms with Gasteiger partial charge in [-0.2, -0.15) is 0 Å². The fourth-order valence-electron chi connectivity index (χ4n) is 4.75. The van der Waals surface area contributed by atoms with Gasteiger partial charge in [-0.05, 0) is 63.6 Å².